The molecule has 1 aliphatic heterocycles. The Balaban J connectivity index is 1.52. The van der Waals surface area contributed by atoms with Crippen LogP contribution in [0.15, 0.2) is 24.5 Å². The molecule has 8 heteroatoms. The van der Waals surface area contributed by atoms with Gasteiger partial charge in [0.2, 0.25) is 0 Å². The normalized spacial score (nSPS) is 16.3. The van der Waals surface area contributed by atoms with Crippen LogP contribution in [0.2, 0.25) is 0 Å². The molecule has 0 amide bonds. The van der Waals surface area contributed by atoms with Crippen molar-refractivity contribution in [1.29, 1.82) is 0 Å². The van der Waals surface area contributed by atoms with E-state index in [1.165, 1.54) is 7.11 Å². The number of halogens is 1. The number of aromatic nitrogens is 3. The molecule has 1 aromatic carbocycles. The van der Waals surface area contributed by atoms with Crippen LogP contribution in [0.3, 0.4) is 0 Å². The number of rotatable bonds is 6. The maximum atomic E-state index is 13.8. The Labute approximate surface area is 152 Å². The first-order chi connectivity index (χ1) is 12.1. The molecule has 1 fully saturated rings. The third-order valence-electron chi connectivity index (χ3n) is 4.56. The first-order valence-electron chi connectivity index (χ1n) is 8.50. The van der Waals surface area contributed by atoms with Gasteiger partial charge in [-0.3, -0.25) is 9.80 Å². The summed E-state index contributed by atoms with van der Waals surface area (Å²) in [5.41, 5.74) is 0.968. The van der Waals surface area contributed by atoms with E-state index in [4.69, 9.17) is 17.0 Å². The Morgan fingerprint density at radius 2 is 1.92 bits per heavy atom. The minimum atomic E-state index is -0.306. The van der Waals surface area contributed by atoms with E-state index in [1.807, 2.05) is 15.3 Å². The van der Waals surface area contributed by atoms with Gasteiger partial charge in [-0.15, -0.1) is 0 Å². The first-order valence-corrected chi connectivity index (χ1v) is 8.91. The van der Waals surface area contributed by atoms with E-state index in [-0.39, 0.29) is 11.6 Å². The van der Waals surface area contributed by atoms with Crippen molar-refractivity contribution in [2.75, 3.05) is 33.3 Å². The molecule has 136 valence electrons. The van der Waals surface area contributed by atoms with E-state index in [0.717, 1.165) is 56.3 Å². The van der Waals surface area contributed by atoms with Gasteiger partial charge >= 0.3 is 0 Å². The van der Waals surface area contributed by atoms with E-state index in [1.54, 1.807) is 18.5 Å². The summed E-state index contributed by atoms with van der Waals surface area (Å²) in [5, 5.41) is 4.36. The second-order valence-electron chi connectivity index (χ2n) is 6.20. The molecule has 0 saturated carbocycles. The minimum absolute atomic E-state index is 0.289. The summed E-state index contributed by atoms with van der Waals surface area (Å²) in [7, 11) is 1.48. The number of methoxy groups -OCH3 is 1. The van der Waals surface area contributed by atoms with Crippen LogP contribution >= 0.6 is 12.2 Å². The minimum Gasteiger partial charge on any atom is -0.494 e. The zero-order valence-corrected chi connectivity index (χ0v) is 15.5. The summed E-state index contributed by atoms with van der Waals surface area (Å²) < 4.78 is 23.4. The molecule has 1 aromatic heterocycles. The third-order valence-corrected chi connectivity index (χ3v) is 5.00. The molecule has 1 saturated heterocycles. The van der Waals surface area contributed by atoms with Crippen molar-refractivity contribution in [1.82, 2.24) is 24.1 Å². The summed E-state index contributed by atoms with van der Waals surface area (Å²) in [4.78, 5) is 4.68. The molecule has 2 heterocycles. The second-order valence-corrected chi connectivity index (χ2v) is 6.57. The Kier molecular flexibility index (Phi) is 5.82. The maximum Gasteiger partial charge on any atom is 0.198 e. The lowest BCUT2D eigenvalue weighted by Gasteiger charge is -2.34. The Morgan fingerprint density at radius 1 is 1.20 bits per heavy atom. The van der Waals surface area contributed by atoms with Crippen LogP contribution in [0, 0.1) is 10.6 Å². The molecule has 0 atom stereocenters. The van der Waals surface area contributed by atoms with Gasteiger partial charge < -0.3 is 9.30 Å². The molecule has 0 N–H and O–H groups in total. The van der Waals surface area contributed by atoms with Gasteiger partial charge in [-0.25, -0.2) is 9.07 Å². The number of benzene rings is 1. The predicted molar refractivity (Wildman–Crippen MR) is 96.5 cm³/mol. The van der Waals surface area contributed by atoms with E-state index in [2.05, 4.69) is 21.8 Å². The monoisotopic (exact) mass is 365 g/mol. The Bertz CT molecular complexity index is 767. The standard InChI is InChI=1S/C17H24FN5OS/c1-3-22-12-19-23(17(22)25)13-21-8-6-20(7-9-21)11-14-4-5-16(24-2)15(18)10-14/h4-5,10,12H,3,6-9,11,13H2,1-2H3. The van der Waals surface area contributed by atoms with Gasteiger partial charge in [-0.1, -0.05) is 6.07 Å². The van der Waals surface area contributed by atoms with Gasteiger partial charge in [0, 0.05) is 39.3 Å². The molecular formula is C17H24FN5OS. The van der Waals surface area contributed by atoms with Crippen molar-refractivity contribution in [3.63, 3.8) is 0 Å². The first kappa shape index (κ1) is 18.0. The Morgan fingerprint density at radius 3 is 2.52 bits per heavy atom. The molecule has 3 rings (SSSR count). The fourth-order valence-electron chi connectivity index (χ4n) is 3.03. The van der Waals surface area contributed by atoms with Gasteiger partial charge in [0.05, 0.1) is 13.8 Å². The highest BCUT2D eigenvalue weighted by Gasteiger charge is 2.18. The number of aryl methyl sites for hydroxylation is 1. The number of piperazine rings is 1. The zero-order valence-electron chi connectivity index (χ0n) is 14.7. The van der Waals surface area contributed by atoms with Crippen LogP contribution in [0.4, 0.5) is 4.39 Å². The summed E-state index contributed by atoms with van der Waals surface area (Å²) >= 11 is 5.42. The highest BCUT2D eigenvalue weighted by Crippen LogP contribution is 2.19. The molecular weight excluding hydrogens is 341 g/mol. The summed E-state index contributed by atoms with van der Waals surface area (Å²) in [6, 6.07) is 5.17. The summed E-state index contributed by atoms with van der Waals surface area (Å²) in [5.74, 6) is -0.0173. The van der Waals surface area contributed by atoms with E-state index in [0.29, 0.717) is 0 Å². The van der Waals surface area contributed by atoms with Gasteiger partial charge in [-0.05, 0) is 36.8 Å². The third kappa shape index (κ3) is 4.26. The van der Waals surface area contributed by atoms with Crippen molar-refractivity contribution < 1.29 is 9.13 Å². The van der Waals surface area contributed by atoms with Crippen molar-refractivity contribution in [3.8, 4) is 5.75 Å². The van der Waals surface area contributed by atoms with Crippen molar-refractivity contribution >= 4 is 12.2 Å². The van der Waals surface area contributed by atoms with E-state index < -0.39 is 0 Å². The topological polar surface area (TPSA) is 38.5 Å². The summed E-state index contributed by atoms with van der Waals surface area (Å²) in [6.45, 7) is 8.13. The van der Waals surface area contributed by atoms with Crippen LogP contribution in [0.5, 0.6) is 5.75 Å². The van der Waals surface area contributed by atoms with Gasteiger partial charge in [0.25, 0.3) is 0 Å². The lowest BCUT2D eigenvalue weighted by molar-refractivity contribution is 0.0979. The molecule has 0 bridgehead atoms. The van der Waals surface area contributed by atoms with Crippen molar-refractivity contribution in [3.05, 3.63) is 40.7 Å². The van der Waals surface area contributed by atoms with Crippen molar-refractivity contribution in [2.45, 2.75) is 26.7 Å². The molecule has 25 heavy (non-hydrogen) atoms. The number of hydrogen-bond acceptors (Lipinski definition) is 5. The fourth-order valence-corrected chi connectivity index (χ4v) is 3.31. The largest absolute Gasteiger partial charge is 0.494 e. The maximum absolute atomic E-state index is 13.8. The molecule has 0 aliphatic carbocycles. The molecule has 0 unspecified atom stereocenters. The zero-order chi connectivity index (χ0) is 17.8. The molecule has 6 nitrogen and oxygen atoms in total. The van der Waals surface area contributed by atoms with E-state index >= 15 is 0 Å². The van der Waals surface area contributed by atoms with Gasteiger partial charge in [0.15, 0.2) is 16.3 Å². The van der Waals surface area contributed by atoms with Crippen molar-refractivity contribution in [2.24, 2.45) is 0 Å². The number of hydrogen-bond donors (Lipinski definition) is 0. The lowest BCUT2D eigenvalue weighted by atomic mass is 10.2. The quantitative estimate of drug-likeness (QED) is 0.735. The van der Waals surface area contributed by atoms with Crippen LogP contribution in [0.25, 0.3) is 0 Å². The fraction of sp³-hybridized carbons (Fsp3) is 0.529. The van der Waals surface area contributed by atoms with Gasteiger partial charge in [0.1, 0.15) is 6.33 Å². The number of nitrogens with zero attached hydrogens (tertiary/aromatic N) is 5. The Hall–Kier alpha value is -1.77. The van der Waals surface area contributed by atoms with Crippen LogP contribution in [0.1, 0.15) is 12.5 Å². The number of ether oxygens (including phenoxy) is 1. The molecule has 0 radical (unpaired) electrons. The van der Waals surface area contributed by atoms with E-state index in [9.17, 15) is 4.39 Å². The molecule has 1 aliphatic rings. The summed E-state index contributed by atoms with van der Waals surface area (Å²) in [6.07, 6.45) is 1.79. The van der Waals surface area contributed by atoms with Crippen LogP contribution in [-0.2, 0) is 19.8 Å². The SMILES string of the molecule is CCn1cnn(CN2CCN(Cc3ccc(OC)c(F)c3)CC2)c1=S. The smallest absolute Gasteiger partial charge is 0.198 e. The molecule has 0 spiro atoms. The average Bonchev–Trinajstić information content (AvgIpc) is 2.97. The average molecular weight is 365 g/mol. The lowest BCUT2D eigenvalue weighted by Crippen LogP contribution is -2.46. The highest BCUT2D eigenvalue weighted by molar-refractivity contribution is 7.71. The van der Waals surface area contributed by atoms with Gasteiger partial charge in [-0.2, -0.15) is 5.10 Å². The van der Waals surface area contributed by atoms with Crippen LogP contribution in [-0.4, -0.2) is 57.4 Å². The molecule has 2 aromatic rings. The second kappa shape index (κ2) is 8.07. The predicted octanol–water partition coefficient (Wildman–Crippen LogP) is 2.36. The highest BCUT2D eigenvalue weighted by atomic mass is 32.1. The van der Waals surface area contributed by atoms with Crippen LogP contribution < -0.4 is 4.74 Å².